The van der Waals surface area contributed by atoms with Gasteiger partial charge < -0.3 is 19.7 Å². The predicted molar refractivity (Wildman–Crippen MR) is 43.0 cm³/mol. The number of aliphatic hydroxyl groups is 2. The van der Waals surface area contributed by atoms with Gasteiger partial charge in [0.15, 0.2) is 5.60 Å². The Balaban J connectivity index is 2.74. The summed E-state index contributed by atoms with van der Waals surface area (Å²) in [7, 11) is 2.65. The van der Waals surface area contributed by atoms with Crippen molar-refractivity contribution in [2.45, 2.75) is 30.7 Å². The maximum atomic E-state index is 11.1. The standard InChI is InChI=1S/C8H14O5/c1-12-5-3-6(9)8(11,4-5)7(10)13-2/h5-6,9,11H,3-4H2,1-2H3. The van der Waals surface area contributed by atoms with Gasteiger partial charge in [0.05, 0.1) is 19.3 Å². The molecular weight excluding hydrogens is 176 g/mol. The average molecular weight is 190 g/mol. The molecule has 0 saturated heterocycles. The molecular formula is C8H14O5. The Morgan fingerprint density at radius 2 is 2.15 bits per heavy atom. The first-order valence-corrected chi connectivity index (χ1v) is 4.06. The Morgan fingerprint density at radius 3 is 2.54 bits per heavy atom. The van der Waals surface area contributed by atoms with Gasteiger partial charge in [-0.25, -0.2) is 4.79 Å². The molecule has 1 fully saturated rings. The van der Waals surface area contributed by atoms with Crippen LogP contribution in [-0.4, -0.2) is 48.2 Å². The van der Waals surface area contributed by atoms with Gasteiger partial charge in [-0.05, 0) is 0 Å². The minimum atomic E-state index is -1.80. The number of hydrogen-bond acceptors (Lipinski definition) is 5. The number of methoxy groups -OCH3 is 2. The van der Waals surface area contributed by atoms with E-state index in [1.54, 1.807) is 0 Å². The molecule has 0 bridgehead atoms. The third-order valence-corrected chi connectivity index (χ3v) is 2.45. The largest absolute Gasteiger partial charge is 0.467 e. The lowest BCUT2D eigenvalue weighted by atomic mass is 10.0. The van der Waals surface area contributed by atoms with E-state index in [4.69, 9.17) is 4.74 Å². The molecule has 0 amide bonds. The van der Waals surface area contributed by atoms with E-state index >= 15 is 0 Å². The van der Waals surface area contributed by atoms with Gasteiger partial charge in [-0.1, -0.05) is 0 Å². The van der Waals surface area contributed by atoms with Gasteiger partial charge >= 0.3 is 5.97 Å². The third kappa shape index (κ3) is 1.67. The first-order valence-electron chi connectivity index (χ1n) is 4.06. The van der Waals surface area contributed by atoms with Crippen molar-refractivity contribution in [3.8, 4) is 0 Å². The summed E-state index contributed by atoms with van der Waals surface area (Å²) in [6.45, 7) is 0. The third-order valence-electron chi connectivity index (χ3n) is 2.45. The van der Waals surface area contributed by atoms with Crippen LogP contribution in [0.4, 0.5) is 0 Å². The van der Waals surface area contributed by atoms with Crippen molar-refractivity contribution < 1.29 is 24.5 Å². The normalized spacial score (nSPS) is 39.1. The van der Waals surface area contributed by atoms with Crippen LogP contribution >= 0.6 is 0 Å². The highest BCUT2D eigenvalue weighted by Gasteiger charge is 2.52. The van der Waals surface area contributed by atoms with Crippen LogP contribution in [0.1, 0.15) is 12.8 Å². The lowest BCUT2D eigenvalue weighted by Crippen LogP contribution is -2.46. The fourth-order valence-electron chi connectivity index (χ4n) is 1.59. The molecule has 0 aromatic carbocycles. The van der Waals surface area contributed by atoms with Gasteiger partial charge in [0.25, 0.3) is 0 Å². The van der Waals surface area contributed by atoms with Crippen LogP contribution in [0.25, 0.3) is 0 Å². The van der Waals surface area contributed by atoms with E-state index in [9.17, 15) is 15.0 Å². The van der Waals surface area contributed by atoms with Crippen LogP contribution in [0.3, 0.4) is 0 Å². The number of carbonyl (C=O) groups is 1. The number of aliphatic hydroxyl groups excluding tert-OH is 1. The summed E-state index contributed by atoms with van der Waals surface area (Å²) in [5.41, 5.74) is -1.80. The topological polar surface area (TPSA) is 76.0 Å². The Bertz CT molecular complexity index is 205. The average Bonchev–Trinajstić information content (AvgIpc) is 2.42. The Kier molecular flexibility index (Phi) is 2.90. The van der Waals surface area contributed by atoms with Crippen molar-refractivity contribution in [3.05, 3.63) is 0 Å². The van der Waals surface area contributed by atoms with Crippen LogP contribution < -0.4 is 0 Å². The number of rotatable bonds is 2. The lowest BCUT2D eigenvalue weighted by Gasteiger charge is -2.22. The second-order valence-electron chi connectivity index (χ2n) is 3.23. The zero-order valence-electron chi connectivity index (χ0n) is 7.69. The van der Waals surface area contributed by atoms with E-state index < -0.39 is 17.7 Å². The molecule has 0 aromatic heterocycles. The quantitative estimate of drug-likeness (QED) is 0.550. The van der Waals surface area contributed by atoms with Crippen molar-refractivity contribution in [1.29, 1.82) is 0 Å². The molecule has 2 N–H and O–H groups in total. The van der Waals surface area contributed by atoms with Gasteiger partial charge in [0.2, 0.25) is 0 Å². The second-order valence-corrected chi connectivity index (χ2v) is 3.23. The summed E-state index contributed by atoms with van der Waals surface area (Å²) in [5, 5.41) is 19.1. The van der Waals surface area contributed by atoms with Gasteiger partial charge in [0, 0.05) is 20.0 Å². The highest BCUT2D eigenvalue weighted by atomic mass is 16.5. The van der Waals surface area contributed by atoms with Crippen LogP contribution in [-0.2, 0) is 14.3 Å². The summed E-state index contributed by atoms with van der Waals surface area (Å²) < 4.78 is 9.34. The van der Waals surface area contributed by atoms with E-state index in [0.717, 1.165) is 0 Å². The second kappa shape index (κ2) is 3.61. The van der Waals surface area contributed by atoms with Crippen LogP contribution in [0.5, 0.6) is 0 Å². The van der Waals surface area contributed by atoms with E-state index in [-0.39, 0.29) is 18.9 Å². The van der Waals surface area contributed by atoms with Crippen LogP contribution in [0.15, 0.2) is 0 Å². The molecule has 5 heteroatoms. The van der Waals surface area contributed by atoms with Crippen molar-refractivity contribution in [2.24, 2.45) is 0 Å². The van der Waals surface area contributed by atoms with E-state index in [1.165, 1.54) is 14.2 Å². The molecule has 76 valence electrons. The molecule has 1 aliphatic carbocycles. The van der Waals surface area contributed by atoms with E-state index in [0.29, 0.717) is 0 Å². The number of ether oxygens (including phenoxy) is 2. The Labute approximate surface area is 76.3 Å². The lowest BCUT2D eigenvalue weighted by molar-refractivity contribution is -0.171. The molecule has 1 rings (SSSR count). The zero-order chi connectivity index (χ0) is 10.1. The molecule has 0 radical (unpaired) electrons. The Morgan fingerprint density at radius 1 is 1.54 bits per heavy atom. The molecule has 3 atom stereocenters. The van der Waals surface area contributed by atoms with Crippen molar-refractivity contribution in [2.75, 3.05) is 14.2 Å². The van der Waals surface area contributed by atoms with Gasteiger partial charge in [-0.2, -0.15) is 0 Å². The number of hydrogen-bond donors (Lipinski definition) is 2. The summed E-state index contributed by atoms with van der Waals surface area (Å²) >= 11 is 0. The molecule has 13 heavy (non-hydrogen) atoms. The summed E-state index contributed by atoms with van der Waals surface area (Å²) in [4.78, 5) is 11.1. The van der Waals surface area contributed by atoms with Crippen molar-refractivity contribution >= 4 is 5.97 Å². The highest BCUT2D eigenvalue weighted by molar-refractivity contribution is 5.80. The van der Waals surface area contributed by atoms with Gasteiger partial charge in [-0.15, -0.1) is 0 Å². The summed E-state index contributed by atoms with van der Waals surface area (Å²) in [6.07, 6.45) is -1.07. The maximum absolute atomic E-state index is 11.1. The van der Waals surface area contributed by atoms with Crippen molar-refractivity contribution in [3.63, 3.8) is 0 Å². The highest BCUT2D eigenvalue weighted by Crippen LogP contribution is 2.32. The first kappa shape index (κ1) is 10.4. The van der Waals surface area contributed by atoms with Crippen LogP contribution in [0.2, 0.25) is 0 Å². The minimum Gasteiger partial charge on any atom is -0.467 e. The van der Waals surface area contributed by atoms with Gasteiger partial charge in [0.1, 0.15) is 0 Å². The fraction of sp³-hybridized carbons (Fsp3) is 0.875. The molecule has 0 spiro atoms. The molecule has 0 aliphatic heterocycles. The molecule has 0 heterocycles. The van der Waals surface area contributed by atoms with E-state index in [2.05, 4.69) is 4.74 Å². The summed E-state index contributed by atoms with van der Waals surface area (Å²) in [5.74, 6) is -0.806. The first-order chi connectivity index (χ1) is 6.04. The van der Waals surface area contributed by atoms with Crippen molar-refractivity contribution in [1.82, 2.24) is 0 Å². The predicted octanol–water partition coefficient (Wildman–Crippen LogP) is -0.940. The summed E-state index contributed by atoms with van der Waals surface area (Å²) in [6, 6.07) is 0. The van der Waals surface area contributed by atoms with Gasteiger partial charge in [-0.3, -0.25) is 0 Å². The molecule has 3 unspecified atom stereocenters. The SMILES string of the molecule is COC(=O)C1(O)CC(OC)CC1O. The monoisotopic (exact) mass is 190 g/mol. The smallest absolute Gasteiger partial charge is 0.340 e. The zero-order valence-corrected chi connectivity index (χ0v) is 7.69. The fourth-order valence-corrected chi connectivity index (χ4v) is 1.59. The molecule has 1 aliphatic rings. The molecule has 0 aromatic rings. The number of carbonyl (C=O) groups excluding carboxylic acids is 1. The molecule has 5 nitrogen and oxygen atoms in total. The minimum absolute atomic E-state index is 0.0807. The van der Waals surface area contributed by atoms with E-state index in [1.807, 2.05) is 0 Å². The Hall–Kier alpha value is -0.650. The maximum Gasteiger partial charge on any atom is 0.340 e. The number of esters is 1. The molecule has 1 saturated carbocycles. The van der Waals surface area contributed by atoms with Crippen LogP contribution in [0, 0.1) is 0 Å².